The number of fused-ring (bicyclic) bond motifs is 2. The van der Waals surface area contributed by atoms with Gasteiger partial charge in [0, 0.05) is 18.6 Å². The lowest BCUT2D eigenvalue weighted by Gasteiger charge is -2.38. The van der Waals surface area contributed by atoms with Gasteiger partial charge in [-0.2, -0.15) is 0 Å². The normalized spacial score (nSPS) is 39.4. The average Bonchev–Trinajstić information content (AvgIpc) is 2.84. The van der Waals surface area contributed by atoms with Gasteiger partial charge in [-0.25, -0.2) is 0 Å². The molecule has 2 aliphatic heterocycles. The molecule has 3 nitrogen and oxygen atoms in total. The lowest BCUT2D eigenvalue weighted by molar-refractivity contribution is -0.126. The Hall–Kier alpha value is -0.570. The number of carbonyl (C=O) groups is 1. The quantitative estimate of drug-likeness (QED) is 0.758. The summed E-state index contributed by atoms with van der Waals surface area (Å²) < 4.78 is 0. The molecule has 1 aliphatic carbocycles. The third-order valence-electron chi connectivity index (χ3n) is 4.89. The molecule has 16 heavy (non-hydrogen) atoms. The Morgan fingerprint density at radius 3 is 2.75 bits per heavy atom. The number of nitrogens with one attached hydrogen (secondary N) is 2. The lowest BCUT2D eigenvalue weighted by atomic mass is 9.70. The largest absolute Gasteiger partial charge is 0.355 e. The van der Waals surface area contributed by atoms with Gasteiger partial charge in [0.1, 0.15) is 0 Å². The summed E-state index contributed by atoms with van der Waals surface area (Å²) in [6.07, 6.45) is 7.42. The van der Waals surface area contributed by atoms with E-state index in [9.17, 15) is 4.79 Å². The molecule has 0 spiro atoms. The van der Waals surface area contributed by atoms with Crippen molar-refractivity contribution >= 4 is 5.91 Å². The number of hydrogen-bond acceptors (Lipinski definition) is 2. The van der Waals surface area contributed by atoms with E-state index >= 15 is 0 Å². The fraction of sp³-hybridized carbons (Fsp3) is 0.923. The fourth-order valence-electron chi connectivity index (χ4n) is 3.50. The first-order valence-electron chi connectivity index (χ1n) is 6.70. The first kappa shape index (κ1) is 10.6. The Morgan fingerprint density at radius 1 is 1.44 bits per heavy atom. The Labute approximate surface area is 97.4 Å². The first-order chi connectivity index (χ1) is 7.66. The molecule has 90 valence electrons. The number of hydrogen-bond donors (Lipinski definition) is 2. The van der Waals surface area contributed by atoms with Gasteiger partial charge in [0.05, 0.1) is 5.92 Å². The highest BCUT2D eigenvalue weighted by molar-refractivity contribution is 5.80. The molecule has 2 heterocycles. The van der Waals surface area contributed by atoms with E-state index in [2.05, 4.69) is 17.6 Å². The zero-order chi connectivity index (χ0) is 11.2. The molecule has 3 unspecified atom stereocenters. The van der Waals surface area contributed by atoms with E-state index < -0.39 is 0 Å². The van der Waals surface area contributed by atoms with Gasteiger partial charge in [-0.1, -0.05) is 13.3 Å². The Balaban J connectivity index is 1.50. The second-order valence-electron chi connectivity index (χ2n) is 6.27. The molecule has 0 aromatic heterocycles. The van der Waals surface area contributed by atoms with E-state index in [0.29, 0.717) is 23.4 Å². The molecule has 3 atom stereocenters. The predicted octanol–water partition coefficient (Wildman–Crippen LogP) is 1.43. The van der Waals surface area contributed by atoms with Crippen LogP contribution in [-0.2, 0) is 4.79 Å². The molecule has 2 saturated heterocycles. The third kappa shape index (κ3) is 1.75. The van der Waals surface area contributed by atoms with Gasteiger partial charge in [-0.15, -0.1) is 0 Å². The van der Waals surface area contributed by atoms with Crippen LogP contribution in [0.2, 0.25) is 0 Å². The van der Waals surface area contributed by atoms with Gasteiger partial charge in [0.15, 0.2) is 0 Å². The highest BCUT2D eigenvalue weighted by Gasteiger charge is 2.43. The molecule has 2 bridgehead atoms. The summed E-state index contributed by atoms with van der Waals surface area (Å²) in [6, 6.07) is 1.10. The van der Waals surface area contributed by atoms with Crippen molar-refractivity contribution in [2.24, 2.45) is 11.3 Å². The summed E-state index contributed by atoms with van der Waals surface area (Å²) in [5.74, 6) is 0.551. The summed E-state index contributed by atoms with van der Waals surface area (Å²) in [6.45, 7) is 3.18. The van der Waals surface area contributed by atoms with Crippen LogP contribution in [0.1, 0.15) is 45.4 Å². The van der Waals surface area contributed by atoms with Crippen LogP contribution in [0.3, 0.4) is 0 Å². The number of rotatable bonds is 3. The highest BCUT2D eigenvalue weighted by Crippen LogP contribution is 2.40. The zero-order valence-corrected chi connectivity index (χ0v) is 10.1. The van der Waals surface area contributed by atoms with Crippen molar-refractivity contribution in [3.8, 4) is 0 Å². The van der Waals surface area contributed by atoms with Crippen molar-refractivity contribution in [1.29, 1.82) is 0 Å². The summed E-state index contributed by atoms with van der Waals surface area (Å²) in [4.78, 5) is 12.1. The topological polar surface area (TPSA) is 41.1 Å². The molecule has 3 heteroatoms. The third-order valence-corrected chi connectivity index (χ3v) is 4.89. The highest BCUT2D eigenvalue weighted by atomic mass is 16.1. The minimum atomic E-state index is 0.252. The first-order valence-corrected chi connectivity index (χ1v) is 6.70. The maximum absolute atomic E-state index is 12.1. The van der Waals surface area contributed by atoms with Crippen molar-refractivity contribution in [3.05, 3.63) is 0 Å². The van der Waals surface area contributed by atoms with E-state index in [0.717, 1.165) is 13.0 Å². The molecule has 0 aromatic rings. The van der Waals surface area contributed by atoms with Crippen LogP contribution in [-0.4, -0.2) is 24.5 Å². The van der Waals surface area contributed by atoms with Gasteiger partial charge < -0.3 is 10.6 Å². The Morgan fingerprint density at radius 2 is 2.25 bits per heavy atom. The van der Waals surface area contributed by atoms with Crippen LogP contribution in [0.25, 0.3) is 0 Å². The summed E-state index contributed by atoms with van der Waals surface area (Å²) in [5, 5.41) is 6.70. The smallest absolute Gasteiger partial charge is 0.224 e. The maximum atomic E-state index is 12.1. The Bertz CT molecular complexity index is 298. The Kier molecular flexibility index (Phi) is 2.46. The summed E-state index contributed by atoms with van der Waals surface area (Å²) in [7, 11) is 0. The van der Waals surface area contributed by atoms with Gasteiger partial charge in [0.25, 0.3) is 0 Å². The van der Waals surface area contributed by atoms with Crippen LogP contribution in [0, 0.1) is 11.3 Å². The molecular formula is C13H22N2O. The summed E-state index contributed by atoms with van der Waals surface area (Å²) in [5.41, 5.74) is 0.403. The average molecular weight is 222 g/mol. The van der Waals surface area contributed by atoms with Crippen LogP contribution in [0.4, 0.5) is 0 Å². The van der Waals surface area contributed by atoms with E-state index in [4.69, 9.17) is 0 Å². The molecule has 3 aliphatic rings. The van der Waals surface area contributed by atoms with Crippen LogP contribution >= 0.6 is 0 Å². The molecule has 0 radical (unpaired) electrons. The molecule has 3 fully saturated rings. The van der Waals surface area contributed by atoms with Crippen molar-refractivity contribution in [1.82, 2.24) is 10.6 Å². The molecule has 1 amide bonds. The maximum Gasteiger partial charge on any atom is 0.224 e. The lowest BCUT2D eigenvalue weighted by Crippen LogP contribution is -2.44. The van der Waals surface area contributed by atoms with Gasteiger partial charge >= 0.3 is 0 Å². The minimum Gasteiger partial charge on any atom is -0.355 e. The molecular weight excluding hydrogens is 200 g/mol. The second-order valence-corrected chi connectivity index (χ2v) is 6.27. The number of carbonyl (C=O) groups excluding carboxylic acids is 1. The van der Waals surface area contributed by atoms with Gasteiger partial charge in [-0.3, -0.25) is 4.79 Å². The minimum absolute atomic E-state index is 0.252. The summed E-state index contributed by atoms with van der Waals surface area (Å²) >= 11 is 0. The second kappa shape index (κ2) is 3.73. The zero-order valence-electron chi connectivity index (χ0n) is 10.1. The molecule has 0 aromatic carbocycles. The standard InChI is InChI=1S/C13H22N2O/c1-13(5-2-6-13)8-14-12(16)10-7-9-3-4-11(10)15-9/h9-11,15H,2-8H2,1H3,(H,14,16). The van der Waals surface area contributed by atoms with Crippen LogP contribution in [0.15, 0.2) is 0 Å². The molecule has 2 N–H and O–H groups in total. The SMILES string of the molecule is CC1(CNC(=O)C2CC3CCC2N3)CCC1. The van der Waals surface area contributed by atoms with Crippen LogP contribution < -0.4 is 10.6 Å². The van der Waals surface area contributed by atoms with E-state index in [1.54, 1.807) is 0 Å². The van der Waals surface area contributed by atoms with E-state index in [-0.39, 0.29) is 5.92 Å². The predicted molar refractivity (Wildman–Crippen MR) is 63.0 cm³/mol. The monoisotopic (exact) mass is 222 g/mol. The fourth-order valence-corrected chi connectivity index (χ4v) is 3.50. The van der Waals surface area contributed by atoms with Crippen molar-refractivity contribution < 1.29 is 4.79 Å². The molecule has 1 saturated carbocycles. The van der Waals surface area contributed by atoms with Gasteiger partial charge in [0.2, 0.25) is 5.91 Å². The van der Waals surface area contributed by atoms with E-state index in [1.807, 2.05) is 0 Å². The van der Waals surface area contributed by atoms with Crippen molar-refractivity contribution in [3.63, 3.8) is 0 Å². The van der Waals surface area contributed by atoms with E-state index in [1.165, 1.54) is 32.1 Å². The van der Waals surface area contributed by atoms with Crippen molar-refractivity contribution in [2.45, 2.75) is 57.5 Å². The molecule has 3 rings (SSSR count). The van der Waals surface area contributed by atoms with Crippen molar-refractivity contribution in [2.75, 3.05) is 6.54 Å². The van der Waals surface area contributed by atoms with Crippen LogP contribution in [0.5, 0.6) is 0 Å². The van der Waals surface area contributed by atoms with Gasteiger partial charge in [-0.05, 0) is 37.5 Å². The number of amides is 1.